The van der Waals surface area contributed by atoms with Crippen molar-refractivity contribution in [3.05, 3.63) is 48.0 Å². The standard InChI is InChI=1S/C19H24FN3O2/c20-16-4-1-2-5-18(16)23-10-7-14(21-23)12-22-9-3-6-17(22)15-13-25-11-8-19(15)24/h1-2,4-5,7,10,15,17,19,24H,3,6,8-9,11-13H2/t15-,17-,19-/m1/s1. The molecule has 6 heteroatoms. The number of halogens is 1. The minimum atomic E-state index is -0.282. The molecule has 0 radical (unpaired) electrons. The number of aromatic nitrogens is 2. The summed E-state index contributed by atoms with van der Waals surface area (Å²) in [5.74, 6) is -0.108. The van der Waals surface area contributed by atoms with E-state index in [2.05, 4.69) is 10.00 Å². The lowest BCUT2D eigenvalue weighted by atomic mass is 9.89. The Kier molecular flexibility index (Phi) is 4.83. The Balaban J connectivity index is 1.47. The van der Waals surface area contributed by atoms with Crippen molar-refractivity contribution < 1.29 is 14.2 Å². The predicted octanol–water partition coefficient (Wildman–Crippen LogP) is 2.37. The van der Waals surface area contributed by atoms with Gasteiger partial charge >= 0.3 is 0 Å². The summed E-state index contributed by atoms with van der Waals surface area (Å²) >= 11 is 0. The van der Waals surface area contributed by atoms with E-state index in [1.165, 1.54) is 6.07 Å². The molecular formula is C19H24FN3O2. The second-order valence-corrected chi connectivity index (χ2v) is 6.98. The van der Waals surface area contributed by atoms with Gasteiger partial charge in [-0.1, -0.05) is 12.1 Å². The van der Waals surface area contributed by atoms with Gasteiger partial charge in [-0.3, -0.25) is 4.90 Å². The molecule has 3 atom stereocenters. The Hall–Kier alpha value is -1.76. The number of para-hydroxylation sites is 1. The monoisotopic (exact) mass is 345 g/mol. The van der Waals surface area contributed by atoms with Crippen molar-refractivity contribution in [2.75, 3.05) is 19.8 Å². The van der Waals surface area contributed by atoms with Gasteiger partial charge in [0.1, 0.15) is 11.5 Å². The average molecular weight is 345 g/mol. The molecule has 1 N–H and O–H groups in total. The molecule has 25 heavy (non-hydrogen) atoms. The fraction of sp³-hybridized carbons (Fsp3) is 0.526. The lowest BCUT2D eigenvalue weighted by molar-refractivity contribution is -0.0637. The van der Waals surface area contributed by atoms with Crippen LogP contribution in [0, 0.1) is 11.7 Å². The van der Waals surface area contributed by atoms with Gasteiger partial charge in [0.25, 0.3) is 0 Å². The lowest BCUT2D eigenvalue weighted by Crippen LogP contribution is -2.45. The Bertz CT molecular complexity index is 720. The van der Waals surface area contributed by atoms with Gasteiger partial charge in [-0.15, -0.1) is 0 Å². The first-order valence-electron chi connectivity index (χ1n) is 9.01. The molecule has 2 saturated heterocycles. The topological polar surface area (TPSA) is 50.5 Å². The number of hydrogen-bond donors (Lipinski definition) is 1. The van der Waals surface area contributed by atoms with Crippen LogP contribution in [-0.4, -0.2) is 51.7 Å². The van der Waals surface area contributed by atoms with Crippen LogP contribution in [-0.2, 0) is 11.3 Å². The Labute approximate surface area is 147 Å². The molecule has 0 aliphatic carbocycles. The van der Waals surface area contributed by atoms with Crippen LogP contribution in [0.3, 0.4) is 0 Å². The number of benzene rings is 1. The third-order valence-corrected chi connectivity index (χ3v) is 5.38. The maximum atomic E-state index is 13.9. The van der Waals surface area contributed by atoms with Crippen molar-refractivity contribution in [1.29, 1.82) is 0 Å². The van der Waals surface area contributed by atoms with Gasteiger partial charge in [-0.2, -0.15) is 5.10 Å². The Morgan fingerprint density at radius 3 is 2.96 bits per heavy atom. The summed E-state index contributed by atoms with van der Waals surface area (Å²) in [5, 5.41) is 14.9. The fourth-order valence-corrected chi connectivity index (χ4v) is 4.08. The van der Waals surface area contributed by atoms with Crippen LogP contribution in [0.15, 0.2) is 36.5 Å². The summed E-state index contributed by atoms with van der Waals surface area (Å²) in [6.45, 7) is 3.00. The highest BCUT2D eigenvalue weighted by Gasteiger charge is 2.37. The average Bonchev–Trinajstić information content (AvgIpc) is 3.26. The van der Waals surface area contributed by atoms with Crippen LogP contribution < -0.4 is 0 Å². The van der Waals surface area contributed by atoms with E-state index in [-0.39, 0.29) is 17.8 Å². The SMILES string of the molecule is O[C@@H]1CCOC[C@@H]1[C@H]1CCCN1Cc1ccn(-c2ccccc2F)n1. The molecule has 134 valence electrons. The van der Waals surface area contributed by atoms with Gasteiger partial charge in [-0.05, 0) is 44.0 Å². The minimum absolute atomic E-state index is 0.171. The summed E-state index contributed by atoms with van der Waals surface area (Å²) in [4.78, 5) is 2.39. The third-order valence-electron chi connectivity index (χ3n) is 5.38. The first kappa shape index (κ1) is 16.7. The molecule has 2 aliphatic heterocycles. The highest BCUT2D eigenvalue weighted by Crippen LogP contribution is 2.30. The first-order valence-corrected chi connectivity index (χ1v) is 9.01. The fourth-order valence-electron chi connectivity index (χ4n) is 4.08. The van der Waals surface area contributed by atoms with Crippen molar-refractivity contribution in [2.24, 2.45) is 5.92 Å². The largest absolute Gasteiger partial charge is 0.393 e. The Morgan fingerprint density at radius 1 is 1.24 bits per heavy atom. The zero-order valence-electron chi connectivity index (χ0n) is 14.2. The van der Waals surface area contributed by atoms with E-state index >= 15 is 0 Å². The number of ether oxygens (including phenoxy) is 1. The van der Waals surface area contributed by atoms with Gasteiger partial charge in [-0.25, -0.2) is 9.07 Å². The molecule has 0 unspecified atom stereocenters. The van der Waals surface area contributed by atoms with Gasteiger partial charge in [0.05, 0.1) is 18.4 Å². The van der Waals surface area contributed by atoms with E-state index in [1.807, 2.05) is 6.07 Å². The second-order valence-electron chi connectivity index (χ2n) is 6.98. The van der Waals surface area contributed by atoms with Gasteiger partial charge in [0, 0.05) is 31.3 Å². The summed E-state index contributed by atoms with van der Waals surface area (Å²) in [7, 11) is 0. The molecular weight excluding hydrogens is 321 g/mol. The Morgan fingerprint density at radius 2 is 2.12 bits per heavy atom. The molecule has 1 aromatic heterocycles. The van der Waals surface area contributed by atoms with Crippen molar-refractivity contribution in [3.63, 3.8) is 0 Å². The molecule has 0 spiro atoms. The van der Waals surface area contributed by atoms with Crippen molar-refractivity contribution in [1.82, 2.24) is 14.7 Å². The van der Waals surface area contributed by atoms with Crippen LogP contribution in [0.2, 0.25) is 0 Å². The molecule has 5 nitrogen and oxygen atoms in total. The number of nitrogens with zero attached hydrogens (tertiary/aromatic N) is 3. The lowest BCUT2D eigenvalue weighted by Gasteiger charge is -2.36. The normalized spacial score (nSPS) is 27.7. The molecule has 2 aromatic rings. The summed E-state index contributed by atoms with van der Waals surface area (Å²) in [5.41, 5.74) is 1.38. The van der Waals surface area contributed by atoms with E-state index < -0.39 is 0 Å². The van der Waals surface area contributed by atoms with E-state index in [9.17, 15) is 9.50 Å². The summed E-state index contributed by atoms with van der Waals surface area (Å²) in [6.07, 6.45) is 4.45. The zero-order valence-corrected chi connectivity index (χ0v) is 14.2. The predicted molar refractivity (Wildman–Crippen MR) is 91.9 cm³/mol. The van der Waals surface area contributed by atoms with E-state index in [4.69, 9.17) is 4.74 Å². The first-order chi connectivity index (χ1) is 12.2. The number of likely N-dealkylation sites (tertiary alicyclic amines) is 1. The van der Waals surface area contributed by atoms with Crippen molar-refractivity contribution >= 4 is 0 Å². The molecule has 0 saturated carbocycles. The smallest absolute Gasteiger partial charge is 0.148 e. The van der Waals surface area contributed by atoms with Crippen LogP contribution in [0.1, 0.15) is 25.0 Å². The van der Waals surface area contributed by atoms with Gasteiger partial charge in [0.15, 0.2) is 0 Å². The summed E-state index contributed by atoms with van der Waals surface area (Å²) < 4.78 is 21.1. The molecule has 2 aliphatic rings. The van der Waals surface area contributed by atoms with Gasteiger partial charge in [0.2, 0.25) is 0 Å². The maximum absolute atomic E-state index is 13.9. The highest BCUT2D eigenvalue weighted by molar-refractivity contribution is 5.32. The number of aliphatic hydroxyl groups is 1. The summed E-state index contributed by atoms with van der Waals surface area (Å²) in [6, 6.07) is 8.92. The van der Waals surface area contributed by atoms with Crippen molar-refractivity contribution in [3.8, 4) is 5.69 Å². The quantitative estimate of drug-likeness (QED) is 0.924. The van der Waals surface area contributed by atoms with Crippen LogP contribution >= 0.6 is 0 Å². The molecule has 0 bridgehead atoms. The third kappa shape index (κ3) is 3.47. The molecule has 3 heterocycles. The van der Waals surface area contributed by atoms with E-state index in [1.54, 1.807) is 29.1 Å². The molecule has 1 aromatic carbocycles. The number of rotatable bonds is 4. The maximum Gasteiger partial charge on any atom is 0.148 e. The van der Waals surface area contributed by atoms with E-state index in [0.29, 0.717) is 24.9 Å². The van der Waals surface area contributed by atoms with E-state index in [0.717, 1.165) is 38.0 Å². The van der Waals surface area contributed by atoms with Crippen molar-refractivity contribution in [2.45, 2.75) is 38.0 Å². The highest BCUT2D eigenvalue weighted by atomic mass is 19.1. The molecule has 2 fully saturated rings. The molecule has 4 rings (SSSR count). The van der Waals surface area contributed by atoms with Gasteiger partial charge < -0.3 is 9.84 Å². The zero-order chi connectivity index (χ0) is 17.2. The van der Waals surface area contributed by atoms with Crippen LogP contribution in [0.4, 0.5) is 4.39 Å². The minimum Gasteiger partial charge on any atom is -0.393 e. The second kappa shape index (κ2) is 7.23. The molecule has 0 amide bonds. The van der Waals surface area contributed by atoms with Crippen LogP contribution in [0.5, 0.6) is 0 Å². The number of hydrogen-bond acceptors (Lipinski definition) is 4. The van der Waals surface area contributed by atoms with Crippen LogP contribution in [0.25, 0.3) is 5.69 Å². The number of aliphatic hydroxyl groups excluding tert-OH is 1.